The van der Waals surface area contributed by atoms with E-state index in [1.807, 2.05) is 30.3 Å². The predicted molar refractivity (Wildman–Crippen MR) is 131 cm³/mol. The Morgan fingerprint density at radius 2 is 1.72 bits per heavy atom. The van der Waals surface area contributed by atoms with E-state index in [1.54, 1.807) is 37.6 Å². The first-order chi connectivity index (χ1) is 17.5. The second-order valence-corrected chi connectivity index (χ2v) is 8.54. The third kappa shape index (κ3) is 5.14. The zero-order valence-electron chi connectivity index (χ0n) is 19.8. The highest BCUT2D eigenvalue weighted by Gasteiger charge is 2.49. The van der Waals surface area contributed by atoms with Crippen LogP contribution in [0.5, 0.6) is 5.75 Å². The molecule has 2 saturated heterocycles. The lowest BCUT2D eigenvalue weighted by atomic mass is 10.1. The van der Waals surface area contributed by atoms with E-state index in [-0.39, 0.29) is 24.5 Å². The summed E-state index contributed by atoms with van der Waals surface area (Å²) in [5, 5.41) is 5.96. The van der Waals surface area contributed by atoms with Gasteiger partial charge in [-0.2, -0.15) is 0 Å². The Morgan fingerprint density at radius 3 is 2.44 bits per heavy atom. The van der Waals surface area contributed by atoms with Crippen molar-refractivity contribution < 1.29 is 28.5 Å². The van der Waals surface area contributed by atoms with Gasteiger partial charge in [-0.15, -0.1) is 0 Å². The van der Waals surface area contributed by atoms with Crippen molar-refractivity contribution in [1.82, 2.24) is 9.97 Å². The molecule has 4 atom stereocenters. The van der Waals surface area contributed by atoms with E-state index in [0.717, 1.165) is 17.0 Å². The van der Waals surface area contributed by atoms with Gasteiger partial charge in [0.25, 0.3) is 0 Å². The molecule has 0 aliphatic carbocycles. The van der Waals surface area contributed by atoms with Crippen LogP contribution in [0.25, 0.3) is 11.3 Å². The number of ether oxygens (including phenoxy) is 4. The van der Waals surface area contributed by atoms with Gasteiger partial charge in [0, 0.05) is 23.0 Å². The van der Waals surface area contributed by atoms with E-state index >= 15 is 0 Å². The van der Waals surface area contributed by atoms with Gasteiger partial charge in [0.1, 0.15) is 18.0 Å². The zero-order chi connectivity index (χ0) is 25.1. The van der Waals surface area contributed by atoms with Gasteiger partial charge in [-0.1, -0.05) is 0 Å². The van der Waals surface area contributed by atoms with Crippen LogP contribution in [0.2, 0.25) is 0 Å². The summed E-state index contributed by atoms with van der Waals surface area (Å²) in [4.78, 5) is 32.8. The number of rotatable bonds is 7. The zero-order valence-corrected chi connectivity index (χ0v) is 19.8. The molecule has 0 unspecified atom stereocenters. The summed E-state index contributed by atoms with van der Waals surface area (Å²) in [7, 11) is 1.63. The molecule has 3 aromatic rings. The summed E-state index contributed by atoms with van der Waals surface area (Å²) >= 11 is 0. The number of hydrogen-bond acceptors (Lipinski definition) is 9. The molecule has 2 fully saturated rings. The summed E-state index contributed by atoms with van der Waals surface area (Å²) in [6.07, 6.45) is -0.194. The molecule has 0 spiro atoms. The van der Waals surface area contributed by atoms with Gasteiger partial charge >= 0.3 is 6.09 Å². The Bertz CT molecular complexity index is 1230. The van der Waals surface area contributed by atoms with Crippen LogP contribution in [0.1, 0.15) is 17.3 Å². The maximum atomic E-state index is 12.4. The van der Waals surface area contributed by atoms with Crippen molar-refractivity contribution >= 4 is 23.5 Å². The highest BCUT2D eigenvalue weighted by atomic mass is 16.6. The van der Waals surface area contributed by atoms with Crippen LogP contribution in [0.3, 0.4) is 0 Å². The Morgan fingerprint density at radius 1 is 0.972 bits per heavy atom. The average Bonchev–Trinajstić information content (AvgIpc) is 3.48. The molecule has 2 aliphatic heterocycles. The lowest BCUT2D eigenvalue weighted by Gasteiger charge is -2.18. The lowest BCUT2D eigenvalue weighted by molar-refractivity contribution is 0.00917. The van der Waals surface area contributed by atoms with Crippen molar-refractivity contribution in [3.8, 4) is 17.0 Å². The minimum absolute atomic E-state index is 0.0438. The largest absolute Gasteiger partial charge is 0.497 e. The minimum Gasteiger partial charge on any atom is -0.497 e. The van der Waals surface area contributed by atoms with Gasteiger partial charge in [0.2, 0.25) is 5.95 Å². The van der Waals surface area contributed by atoms with Crippen LogP contribution in [-0.2, 0) is 14.2 Å². The molecule has 0 saturated carbocycles. The fourth-order valence-electron chi connectivity index (χ4n) is 4.28. The normalized spacial score (nSPS) is 22.5. The number of Topliss-reactive ketones (excluding diaryl/α,β-unsaturated/α-hetero) is 1. The van der Waals surface area contributed by atoms with Gasteiger partial charge < -0.3 is 24.3 Å². The molecule has 186 valence electrons. The van der Waals surface area contributed by atoms with Crippen LogP contribution in [0, 0.1) is 0 Å². The van der Waals surface area contributed by atoms with Crippen LogP contribution >= 0.6 is 0 Å². The smallest absolute Gasteiger partial charge is 0.412 e. The maximum absolute atomic E-state index is 12.4. The molecule has 5 rings (SSSR count). The van der Waals surface area contributed by atoms with Gasteiger partial charge in [-0.05, 0) is 61.5 Å². The van der Waals surface area contributed by atoms with Crippen molar-refractivity contribution in [2.45, 2.75) is 31.3 Å². The SMILES string of the molecule is COc1ccc(-c2ccnc(N[C@H]3CO[C@H]4[C@@H]3OC[C@H]4OC(=O)Nc3ccc(C(C)=O)cc3)n2)cc1. The number of carbonyl (C=O) groups is 2. The summed E-state index contributed by atoms with van der Waals surface area (Å²) in [6, 6.07) is 15.9. The van der Waals surface area contributed by atoms with E-state index in [4.69, 9.17) is 18.9 Å². The number of anilines is 2. The summed E-state index contributed by atoms with van der Waals surface area (Å²) in [6.45, 7) is 2.07. The van der Waals surface area contributed by atoms with E-state index in [1.165, 1.54) is 6.92 Å². The molecule has 1 amide bonds. The Balaban J connectivity index is 1.17. The lowest BCUT2D eigenvalue weighted by Crippen LogP contribution is -2.38. The monoisotopic (exact) mass is 490 g/mol. The van der Waals surface area contributed by atoms with Crippen molar-refractivity contribution in [1.29, 1.82) is 0 Å². The fraction of sp³-hybridized carbons (Fsp3) is 0.308. The average molecular weight is 491 g/mol. The molecule has 10 nitrogen and oxygen atoms in total. The number of fused-ring (bicyclic) bond motifs is 1. The number of amides is 1. The van der Waals surface area contributed by atoms with Crippen LogP contribution < -0.4 is 15.4 Å². The fourth-order valence-corrected chi connectivity index (χ4v) is 4.28. The molecule has 1 aromatic heterocycles. The number of methoxy groups -OCH3 is 1. The Hall–Kier alpha value is -4.02. The first-order valence-corrected chi connectivity index (χ1v) is 11.6. The molecule has 2 aromatic carbocycles. The first-order valence-electron chi connectivity index (χ1n) is 11.6. The topological polar surface area (TPSA) is 121 Å². The molecule has 36 heavy (non-hydrogen) atoms. The standard InChI is InChI=1S/C26H26N4O6/c1-15(31)16-3-7-18(8-4-16)28-26(32)36-22-14-35-23-21(13-34-24(22)23)30-25-27-12-11-20(29-25)17-5-9-19(33-2)10-6-17/h3-12,21-24H,13-14H2,1-2H3,(H,28,32)(H,27,29,30)/t21-,22+,23+,24+/m0/s1. The van der Waals surface area contributed by atoms with E-state index in [2.05, 4.69) is 20.6 Å². The highest BCUT2D eigenvalue weighted by molar-refractivity contribution is 5.95. The quantitative estimate of drug-likeness (QED) is 0.479. The van der Waals surface area contributed by atoms with Crippen LogP contribution in [-0.4, -0.2) is 66.5 Å². The van der Waals surface area contributed by atoms with E-state index in [9.17, 15) is 9.59 Å². The van der Waals surface area contributed by atoms with Crippen LogP contribution in [0.4, 0.5) is 16.4 Å². The highest BCUT2D eigenvalue weighted by Crippen LogP contribution is 2.31. The number of ketones is 1. The van der Waals surface area contributed by atoms with Crippen molar-refractivity contribution in [3.63, 3.8) is 0 Å². The van der Waals surface area contributed by atoms with Crippen molar-refractivity contribution in [2.75, 3.05) is 31.0 Å². The molecule has 0 bridgehead atoms. The number of benzene rings is 2. The second-order valence-electron chi connectivity index (χ2n) is 8.54. The Labute approximate surface area is 207 Å². The van der Waals surface area contributed by atoms with Crippen molar-refractivity contribution in [3.05, 3.63) is 66.4 Å². The summed E-state index contributed by atoms with van der Waals surface area (Å²) < 4.78 is 22.6. The second kappa shape index (κ2) is 10.3. The molecular weight excluding hydrogens is 464 g/mol. The Kier molecular flexibility index (Phi) is 6.79. The minimum atomic E-state index is -0.615. The molecule has 10 heteroatoms. The summed E-state index contributed by atoms with van der Waals surface area (Å²) in [5.41, 5.74) is 2.81. The van der Waals surface area contributed by atoms with E-state index in [0.29, 0.717) is 23.8 Å². The van der Waals surface area contributed by atoms with Crippen molar-refractivity contribution in [2.24, 2.45) is 0 Å². The predicted octanol–water partition coefficient (Wildman–Crippen LogP) is 3.55. The third-order valence-corrected chi connectivity index (χ3v) is 6.16. The van der Waals surface area contributed by atoms with Gasteiger partial charge in [-0.3, -0.25) is 10.1 Å². The molecule has 0 radical (unpaired) electrons. The number of hydrogen-bond donors (Lipinski definition) is 2. The number of nitrogens with zero attached hydrogens (tertiary/aromatic N) is 2. The number of nitrogens with one attached hydrogen (secondary N) is 2. The van der Waals surface area contributed by atoms with E-state index < -0.39 is 18.3 Å². The van der Waals surface area contributed by atoms with Gasteiger partial charge in [-0.25, -0.2) is 14.8 Å². The molecule has 3 heterocycles. The molecular formula is C26H26N4O6. The number of carbonyl (C=O) groups excluding carboxylic acids is 2. The maximum Gasteiger partial charge on any atom is 0.412 e. The third-order valence-electron chi connectivity index (χ3n) is 6.16. The van der Waals surface area contributed by atoms with Gasteiger partial charge in [0.05, 0.1) is 32.1 Å². The van der Waals surface area contributed by atoms with Gasteiger partial charge in [0.15, 0.2) is 11.9 Å². The number of aromatic nitrogens is 2. The summed E-state index contributed by atoms with van der Waals surface area (Å²) in [5.74, 6) is 1.19. The molecule has 2 aliphatic rings. The molecule has 2 N–H and O–H groups in total. The first kappa shape index (κ1) is 23.7. The van der Waals surface area contributed by atoms with Crippen LogP contribution in [0.15, 0.2) is 60.8 Å².